The summed E-state index contributed by atoms with van der Waals surface area (Å²) in [5, 5.41) is 13.4. The van der Waals surface area contributed by atoms with Crippen molar-refractivity contribution in [2.45, 2.75) is 19.8 Å². The Bertz CT molecular complexity index is 421. The topological polar surface area (TPSA) is 77.9 Å². The summed E-state index contributed by atoms with van der Waals surface area (Å²) >= 11 is 4.74. The lowest BCUT2D eigenvalue weighted by Gasteiger charge is -2.05. The van der Waals surface area contributed by atoms with Gasteiger partial charge in [0.2, 0.25) is 11.9 Å². The minimum absolute atomic E-state index is 0.0156. The van der Waals surface area contributed by atoms with E-state index in [9.17, 15) is 4.79 Å². The molecule has 0 aliphatic heterocycles. The van der Waals surface area contributed by atoms with Crippen LogP contribution in [0.5, 0.6) is 0 Å². The van der Waals surface area contributed by atoms with E-state index in [1.54, 1.807) is 0 Å². The van der Waals surface area contributed by atoms with Crippen LogP contribution < -0.4 is 10.6 Å². The molecule has 0 bridgehead atoms. The fourth-order valence-electron chi connectivity index (χ4n) is 1.14. The Morgan fingerprint density at radius 3 is 2.81 bits per heavy atom. The third-order valence-corrected chi connectivity index (χ3v) is 4.09. The van der Waals surface area contributed by atoms with Gasteiger partial charge in [-0.3, -0.25) is 15.5 Å². The van der Waals surface area contributed by atoms with E-state index in [-0.39, 0.29) is 17.8 Å². The van der Waals surface area contributed by atoms with Crippen molar-refractivity contribution in [3.8, 4) is 0 Å². The van der Waals surface area contributed by atoms with Gasteiger partial charge in [-0.2, -0.15) is 0 Å². The van der Waals surface area contributed by atoms with E-state index in [0.29, 0.717) is 5.13 Å². The molecule has 0 radical (unpaired) electrons. The second-order valence-corrected chi connectivity index (χ2v) is 5.96. The maximum Gasteiger partial charge on any atom is 0.229 e. The number of aromatic nitrogens is 1. The molecule has 0 unspecified atom stereocenters. The Hall–Kier alpha value is -0.950. The van der Waals surface area contributed by atoms with Crippen LogP contribution in [0.1, 0.15) is 18.5 Å². The Labute approximate surface area is 105 Å². The van der Waals surface area contributed by atoms with Gasteiger partial charge in [0.15, 0.2) is 5.13 Å². The number of guanidine groups is 1. The molecule has 1 aromatic heterocycles. The van der Waals surface area contributed by atoms with Gasteiger partial charge in [-0.1, -0.05) is 11.3 Å². The first-order chi connectivity index (χ1) is 7.56. The molecule has 86 valence electrons. The number of thiazole rings is 1. The predicted molar refractivity (Wildman–Crippen MR) is 66.8 cm³/mol. The van der Waals surface area contributed by atoms with Crippen LogP contribution in [0, 0.1) is 18.3 Å². The summed E-state index contributed by atoms with van der Waals surface area (Å²) in [6.07, 6.45) is 1.86. The van der Waals surface area contributed by atoms with Gasteiger partial charge in [0.25, 0.3) is 0 Å². The maximum atomic E-state index is 11.4. The van der Waals surface area contributed by atoms with Crippen molar-refractivity contribution in [1.82, 2.24) is 10.3 Å². The Kier molecular flexibility index (Phi) is 3.25. The lowest BCUT2D eigenvalue weighted by Crippen LogP contribution is -2.35. The van der Waals surface area contributed by atoms with Crippen LogP contribution in [-0.4, -0.2) is 16.9 Å². The normalized spacial score (nSPS) is 14.6. The molecule has 0 aromatic carbocycles. The van der Waals surface area contributed by atoms with Crippen LogP contribution in [0.2, 0.25) is 0 Å². The van der Waals surface area contributed by atoms with Crippen LogP contribution in [0.3, 0.4) is 0 Å². The standard InChI is InChI=1S/C9H11BrN4OS/c1-4-6(10)16-9(12-4)14-8(11)13-7(15)5-2-3-5/h5H,2-3H2,1H3,(H3,11,12,13,14,15). The second kappa shape index (κ2) is 4.50. The predicted octanol–water partition coefficient (Wildman–Crippen LogP) is 2.09. The third-order valence-electron chi connectivity index (χ3n) is 2.17. The van der Waals surface area contributed by atoms with Crippen molar-refractivity contribution >= 4 is 44.3 Å². The average molecular weight is 303 g/mol. The number of amides is 1. The quantitative estimate of drug-likeness (QED) is 0.578. The summed E-state index contributed by atoms with van der Waals surface area (Å²) in [5.74, 6) is 0.00918. The van der Waals surface area contributed by atoms with Gasteiger partial charge in [0.1, 0.15) is 0 Å². The van der Waals surface area contributed by atoms with Gasteiger partial charge < -0.3 is 5.32 Å². The van der Waals surface area contributed by atoms with E-state index in [4.69, 9.17) is 5.41 Å². The largest absolute Gasteiger partial charge is 0.302 e. The van der Waals surface area contributed by atoms with E-state index in [2.05, 4.69) is 31.5 Å². The molecule has 0 spiro atoms. The number of hydrogen-bond acceptors (Lipinski definition) is 4. The lowest BCUT2D eigenvalue weighted by molar-refractivity contribution is -0.120. The molecule has 1 fully saturated rings. The number of carbonyl (C=O) groups is 1. The highest BCUT2D eigenvalue weighted by molar-refractivity contribution is 9.11. The number of aryl methyl sites for hydroxylation is 1. The van der Waals surface area contributed by atoms with Gasteiger partial charge in [-0.05, 0) is 35.7 Å². The maximum absolute atomic E-state index is 11.4. The summed E-state index contributed by atoms with van der Waals surface area (Å²) in [6, 6.07) is 0. The van der Waals surface area contributed by atoms with Crippen molar-refractivity contribution in [2.24, 2.45) is 5.92 Å². The summed E-state index contributed by atoms with van der Waals surface area (Å²) in [4.78, 5) is 15.5. The molecular weight excluding hydrogens is 292 g/mol. The molecule has 0 saturated heterocycles. The van der Waals surface area contributed by atoms with Crippen LogP contribution in [0.4, 0.5) is 5.13 Å². The summed E-state index contributed by atoms with van der Waals surface area (Å²) in [5.41, 5.74) is 0.869. The van der Waals surface area contributed by atoms with E-state index in [0.717, 1.165) is 22.3 Å². The number of hydrogen-bond donors (Lipinski definition) is 3. The number of anilines is 1. The molecule has 1 aliphatic rings. The average Bonchev–Trinajstić information content (AvgIpc) is 2.95. The van der Waals surface area contributed by atoms with Crippen molar-refractivity contribution < 1.29 is 4.79 Å². The lowest BCUT2D eigenvalue weighted by atomic mass is 10.4. The minimum atomic E-state index is -0.0788. The van der Waals surface area contributed by atoms with E-state index >= 15 is 0 Å². The van der Waals surface area contributed by atoms with Crippen molar-refractivity contribution in [1.29, 1.82) is 5.41 Å². The fraction of sp³-hybridized carbons (Fsp3) is 0.444. The number of nitrogens with zero attached hydrogens (tertiary/aromatic N) is 1. The molecule has 2 rings (SSSR count). The van der Waals surface area contributed by atoms with Gasteiger partial charge in [-0.25, -0.2) is 4.98 Å². The Morgan fingerprint density at radius 2 is 2.31 bits per heavy atom. The Morgan fingerprint density at radius 1 is 1.62 bits per heavy atom. The summed E-state index contributed by atoms with van der Waals surface area (Å²) in [7, 11) is 0. The Balaban J connectivity index is 1.88. The van der Waals surface area contributed by atoms with Gasteiger partial charge >= 0.3 is 0 Å². The van der Waals surface area contributed by atoms with Crippen LogP contribution in [0.25, 0.3) is 0 Å². The highest BCUT2D eigenvalue weighted by Gasteiger charge is 2.30. The number of rotatable bonds is 2. The zero-order valence-electron chi connectivity index (χ0n) is 8.63. The highest BCUT2D eigenvalue weighted by atomic mass is 79.9. The zero-order chi connectivity index (χ0) is 11.7. The molecule has 3 N–H and O–H groups in total. The molecule has 1 amide bonds. The molecule has 16 heavy (non-hydrogen) atoms. The molecule has 1 heterocycles. The van der Waals surface area contributed by atoms with Crippen molar-refractivity contribution in [3.05, 3.63) is 9.48 Å². The van der Waals surface area contributed by atoms with Crippen molar-refractivity contribution in [3.63, 3.8) is 0 Å². The minimum Gasteiger partial charge on any atom is -0.302 e. The highest BCUT2D eigenvalue weighted by Crippen LogP contribution is 2.29. The van der Waals surface area contributed by atoms with Crippen LogP contribution >= 0.6 is 27.3 Å². The summed E-state index contributed by atoms with van der Waals surface area (Å²) < 4.78 is 0.927. The molecule has 0 atom stereocenters. The molecule has 7 heteroatoms. The van der Waals surface area contributed by atoms with Crippen molar-refractivity contribution in [2.75, 3.05) is 5.32 Å². The first kappa shape index (κ1) is 11.5. The third kappa shape index (κ3) is 2.79. The van der Waals surface area contributed by atoms with Crippen LogP contribution in [-0.2, 0) is 4.79 Å². The fourth-order valence-corrected chi connectivity index (χ4v) is 2.39. The zero-order valence-corrected chi connectivity index (χ0v) is 11.0. The van der Waals surface area contributed by atoms with Gasteiger partial charge in [-0.15, -0.1) is 0 Å². The van der Waals surface area contributed by atoms with Crippen LogP contribution in [0.15, 0.2) is 3.79 Å². The molecule has 1 aromatic rings. The molecule has 1 saturated carbocycles. The van der Waals surface area contributed by atoms with E-state index in [1.165, 1.54) is 11.3 Å². The van der Waals surface area contributed by atoms with Gasteiger partial charge in [0, 0.05) is 5.92 Å². The van der Waals surface area contributed by atoms with E-state index < -0.39 is 0 Å². The monoisotopic (exact) mass is 302 g/mol. The summed E-state index contributed by atoms with van der Waals surface area (Å²) in [6.45, 7) is 1.87. The SMILES string of the molecule is Cc1nc(NC(=N)NC(=O)C2CC2)sc1Br. The first-order valence-electron chi connectivity index (χ1n) is 4.85. The number of carbonyl (C=O) groups excluding carboxylic acids is 1. The smallest absolute Gasteiger partial charge is 0.229 e. The first-order valence-corrected chi connectivity index (χ1v) is 6.46. The number of halogens is 1. The number of nitrogens with one attached hydrogen (secondary N) is 3. The molecule has 1 aliphatic carbocycles. The van der Waals surface area contributed by atoms with E-state index in [1.807, 2.05) is 6.92 Å². The molecule has 5 nitrogen and oxygen atoms in total. The second-order valence-electron chi connectivity index (χ2n) is 3.64. The molecular formula is C9H11BrN4OS. The van der Waals surface area contributed by atoms with Gasteiger partial charge in [0.05, 0.1) is 9.48 Å².